The minimum absolute atomic E-state index is 0.159. The van der Waals surface area contributed by atoms with E-state index in [9.17, 15) is 4.79 Å². The molecule has 3 rings (SSSR count). The fourth-order valence-corrected chi connectivity index (χ4v) is 3.10. The van der Waals surface area contributed by atoms with E-state index in [2.05, 4.69) is 15.5 Å². The third kappa shape index (κ3) is 4.87. The number of carbonyl (C=O) groups excluding carboxylic acids is 1. The summed E-state index contributed by atoms with van der Waals surface area (Å²) in [5, 5.41) is 12.4. The van der Waals surface area contributed by atoms with Crippen molar-refractivity contribution in [1.29, 1.82) is 0 Å². The van der Waals surface area contributed by atoms with Crippen LogP contribution in [0.15, 0.2) is 54.6 Å². The second-order valence-corrected chi connectivity index (χ2v) is 6.60. The van der Waals surface area contributed by atoms with Gasteiger partial charge in [0.05, 0.1) is 6.61 Å². The number of amides is 1. The number of para-hydroxylation sites is 1. The standard InChI is InChI=1S/C19H19N3O2S/c1-14-8-5-6-11-16(14)18(23)20-19-22-21-17(25-19)12-7-13-24-15-9-3-2-4-10-15/h2-6,8-11H,7,12-13H2,1H3,(H,20,22,23). The summed E-state index contributed by atoms with van der Waals surface area (Å²) in [7, 11) is 0. The van der Waals surface area contributed by atoms with Crippen molar-refractivity contribution in [2.24, 2.45) is 0 Å². The highest BCUT2D eigenvalue weighted by Gasteiger charge is 2.11. The number of hydrogen-bond acceptors (Lipinski definition) is 5. The highest BCUT2D eigenvalue weighted by molar-refractivity contribution is 7.15. The Hall–Kier alpha value is -2.73. The first kappa shape index (κ1) is 17.1. The van der Waals surface area contributed by atoms with Gasteiger partial charge in [-0.15, -0.1) is 10.2 Å². The fraction of sp³-hybridized carbons (Fsp3) is 0.211. The van der Waals surface area contributed by atoms with Gasteiger partial charge in [-0.2, -0.15) is 0 Å². The lowest BCUT2D eigenvalue weighted by molar-refractivity contribution is 0.102. The minimum Gasteiger partial charge on any atom is -0.494 e. The predicted octanol–water partition coefficient (Wildman–Crippen LogP) is 4.11. The van der Waals surface area contributed by atoms with E-state index < -0.39 is 0 Å². The fourth-order valence-electron chi connectivity index (χ4n) is 2.33. The monoisotopic (exact) mass is 353 g/mol. The molecule has 0 aliphatic heterocycles. The molecule has 0 fully saturated rings. The third-order valence-electron chi connectivity index (χ3n) is 3.62. The van der Waals surface area contributed by atoms with Crippen LogP contribution in [0.3, 0.4) is 0 Å². The smallest absolute Gasteiger partial charge is 0.257 e. The molecule has 5 nitrogen and oxygen atoms in total. The van der Waals surface area contributed by atoms with Gasteiger partial charge in [-0.05, 0) is 37.1 Å². The van der Waals surface area contributed by atoms with Crippen molar-refractivity contribution in [1.82, 2.24) is 10.2 Å². The van der Waals surface area contributed by atoms with E-state index >= 15 is 0 Å². The summed E-state index contributed by atoms with van der Waals surface area (Å²) >= 11 is 1.40. The van der Waals surface area contributed by atoms with Gasteiger partial charge in [0.2, 0.25) is 5.13 Å². The molecule has 6 heteroatoms. The van der Waals surface area contributed by atoms with Crippen molar-refractivity contribution < 1.29 is 9.53 Å². The van der Waals surface area contributed by atoms with Crippen molar-refractivity contribution in [3.63, 3.8) is 0 Å². The molecule has 3 aromatic rings. The summed E-state index contributed by atoms with van der Waals surface area (Å²) in [4.78, 5) is 12.3. The zero-order valence-corrected chi connectivity index (χ0v) is 14.8. The van der Waals surface area contributed by atoms with Crippen LogP contribution in [0.2, 0.25) is 0 Å². The highest BCUT2D eigenvalue weighted by atomic mass is 32.1. The van der Waals surface area contributed by atoms with Crippen molar-refractivity contribution >= 4 is 22.4 Å². The van der Waals surface area contributed by atoms with Gasteiger partial charge in [-0.25, -0.2) is 0 Å². The Morgan fingerprint density at radius 3 is 2.64 bits per heavy atom. The molecule has 0 atom stereocenters. The number of nitrogens with one attached hydrogen (secondary N) is 1. The number of ether oxygens (including phenoxy) is 1. The topological polar surface area (TPSA) is 64.1 Å². The first-order chi connectivity index (χ1) is 12.2. The molecule has 0 unspecified atom stereocenters. The van der Waals surface area contributed by atoms with Crippen LogP contribution >= 0.6 is 11.3 Å². The maximum atomic E-state index is 12.3. The minimum atomic E-state index is -0.159. The number of carbonyl (C=O) groups is 1. The molecule has 128 valence electrons. The van der Waals surface area contributed by atoms with E-state index in [1.54, 1.807) is 6.07 Å². The molecule has 0 aliphatic carbocycles. The molecule has 0 bridgehead atoms. The van der Waals surface area contributed by atoms with Gasteiger partial charge < -0.3 is 4.74 Å². The maximum Gasteiger partial charge on any atom is 0.257 e. The van der Waals surface area contributed by atoms with Crippen molar-refractivity contribution in [2.75, 3.05) is 11.9 Å². The molecule has 0 radical (unpaired) electrons. The van der Waals surface area contributed by atoms with E-state index in [0.717, 1.165) is 29.2 Å². The van der Waals surface area contributed by atoms with Crippen LogP contribution in [-0.2, 0) is 6.42 Å². The summed E-state index contributed by atoms with van der Waals surface area (Å²) in [5.41, 5.74) is 1.58. The molecule has 1 aromatic heterocycles. The number of hydrogen-bond donors (Lipinski definition) is 1. The van der Waals surface area contributed by atoms with Crippen molar-refractivity contribution in [2.45, 2.75) is 19.8 Å². The van der Waals surface area contributed by atoms with E-state index in [1.165, 1.54) is 11.3 Å². The Labute approximate surface area is 150 Å². The largest absolute Gasteiger partial charge is 0.494 e. The van der Waals surface area contributed by atoms with E-state index in [4.69, 9.17) is 4.74 Å². The molecule has 1 amide bonds. The van der Waals surface area contributed by atoms with Gasteiger partial charge in [0, 0.05) is 12.0 Å². The number of aromatic nitrogens is 2. The Morgan fingerprint density at radius 2 is 1.84 bits per heavy atom. The highest BCUT2D eigenvalue weighted by Crippen LogP contribution is 2.18. The summed E-state index contributed by atoms with van der Waals surface area (Å²) < 4.78 is 5.66. The molecule has 25 heavy (non-hydrogen) atoms. The van der Waals surface area contributed by atoms with Gasteiger partial charge in [-0.3, -0.25) is 10.1 Å². The summed E-state index contributed by atoms with van der Waals surface area (Å²) in [5.74, 6) is 0.708. The summed E-state index contributed by atoms with van der Waals surface area (Å²) in [6.45, 7) is 2.53. The zero-order chi connectivity index (χ0) is 17.5. The number of nitrogens with zero attached hydrogens (tertiary/aromatic N) is 2. The average Bonchev–Trinajstić information content (AvgIpc) is 3.07. The van der Waals surface area contributed by atoms with E-state index in [0.29, 0.717) is 17.3 Å². The molecule has 0 aliphatic rings. The van der Waals surface area contributed by atoms with E-state index in [1.807, 2.05) is 55.5 Å². The zero-order valence-electron chi connectivity index (χ0n) is 13.9. The average molecular weight is 353 g/mol. The van der Waals surface area contributed by atoms with Gasteiger partial charge >= 0.3 is 0 Å². The Morgan fingerprint density at radius 1 is 1.08 bits per heavy atom. The number of aryl methyl sites for hydroxylation is 2. The Kier molecular flexibility index (Phi) is 5.74. The van der Waals surface area contributed by atoms with Gasteiger partial charge in [0.1, 0.15) is 10.8 Å². The molecule has 1 N–H and O–H groups in total. The third-order valence-corrected chi connectivity index (χ3v) is 4.52. The molecular formula is C19H19N3O2S. The second-order valence-electron chi connectivity index (χ2n) is 5.54. The number of rotatable bonds is 7. The lowest BCUT2D eigenvalue weighted by Gasteiger charge is -2.04. The second kappa shape index (κ2) is 8.39. The molecule has 0 saturated heterocycles. The van der Waals surface area contributed by atoms with Crippen LogP contribution in [0.4, 0.5) is 5.13 Å². The predicted molar refractivity (Wildman–Crippen MR) is 99.3 cm³/mol. The van der Waals surface area contributed by atoms with Crippen LogP contribution in [0.25, 0.3) is 0 Å². The summed E-state index contributed by atoms with van der Waals surface area (Å²) in [6.07, 6.45) is 1.61. The summed E-state index contributed by atoms with van der Waals surface area (Å²) in [6, 6.07) is 17.2. The lowest BCUT2D eigenvalue weighted by atomic mass is 10.1. The maximum absolute atomic E-state index is 12.3. The van der Waals surface area contributed by atoms with Gasteiger partial charge in [0.15, 0.2) is 0 Å². The van der Waals surface area contributed by atoms with Crippen molar-refractivity contribution in [3.05, 3.63) is 70.7 Å². The molecule has 0 spiro atoms. The van der Waals surface area contributed by atoms with Gasteiger partial charge in [-0.1, -0.05) is 47.7 Å². The van der Waals surface area contributed by atoms with Crippen LogP contribution in [0, 0.1) is 6.92 Å². The lowest BCUT2D eigenvalue weighted by Crippen LogP contribution is -2.12. The van der Waals surface area contributed by atoms with Crippen LogP contribution in [0.1, 0.15) is 27.3 Å². The number of benzene rings is 2. The van der Waals surface area contributed by atoms with Gasteiger partial charge in [0.25, 0.3) is 5.91 Å². The first-order valence-corrected chi connectivity index (χ1v) is 8.91. The van der Waals surface area contributed by atoms with Crippen LogP contribution in [-0.4, -0.2) is 22.7 Å². The molecule has 1 heterocycles. The van der Waals surface area contributed by atoms with Crippen LogP contribution < -0.4 is 10.1 Å². The molecular weight excluding hydrogens is 334 g/mol. The Bertz CT molecular complexity index is 833. The molecule has 2 aromatic carbocycles. The SMILES string of the molecule is Cc1ccccc1C(=O)Nc1nnc(CCCOc2ccccc2)s1. The number of anilines is 1. The Balaban J connectivity index is 1.47. The first-order valence-electron chi connectivity index (χ1n) is 8.09. The quantitative estimate of drug-likeness (QED) is 0.649. The molecule has 0 saturated carbocycles. The van der Waals surface area contributed by atoms with Crippen molar-refractivity contribution in [3.8, 4) is 5.75 Å². The van der Waals surface area contributed by atoms with E-state index in [-0.39, 0.29) is 5.91 Å². The normalized spacial score (nSPS) is 10.4. The van der Waals surface area contributed by atoms with Crippen LogP contribution in [0.5, 0.6) is 5.75 Å².